The first-order valence-corrected chi connectivity index (χ1v) is 7.96. The van der Waals surface area contributed by atoms with Crippen molar-refractivity contribution >= 4 is 31.9 Å². The molecule has 0 saturated carbocycles. The van der Waals surface area contributed by atoms with Gasteiger partial charge in [-0.3, -0.25) is 0 Å². The normalized spacial score (nSPS) is 12.4. The van der Waals surface area contributed by atoms with Gasteiger partial charge in [0.1, 0.15) is 5.82 Å². The molecule has 0 bridgehead atoms. The highest BCUT2D eigenvalue weighted by Gasteiger charge is 2.12. The Morgan fingerprint density at radius 1 is 1.05 bits per heavy atom. The van der Waals surface area contributed by atoms with Crippen molar-refractivity contribution in [3.63, 3.8) is 0 Å². The van der Waals surface area contributed by atoms with Crippen LogP contribution in [-0.4, -0.2) is 7.05 Å². The maximum Gasteiger partial charge on any atom is 0.124 e. The standard InChI is InChI=1S/C16H16Br2FN/c1-10-3-12(8-13(17)4-10)16(20-2)7-11-5-14(18)9-15(19)6-11/h3-6,8-9,16,20H,7H2,1-2H3. The minimum atomic E-state index is -0.213. The van der Waals surface area contributed by atoms with E-state index in [2.05, 4.69) is 62.3 Å². The van der Waals surface area contributed by atoms with E-state index in [9.17, 15) is 4.39 Å². The minimum Gasteiger partial charge on any atom is -0.313 e. The molecule has 0 saturated heterocycles. The fourth-order valence-electron chi connectivity index (χ4n) is 2.32. The second-order valence-electron chi connectivity index (χ2n) is 4.88. The molecule has 1 N–H and O–H groups in total. The van der Waals surface area contributed by atoms with Crippen LogP contribution in [0.25, 0.3) is 0 Å². The first kappa shape index (κ1) is 15.7. The van der Waals surface area contributed by atoms with Crippen LogP contribution >= 0.6 is 31.9 Å². The Kier molecular flexibility index (Phi) is 5.35. The molecule has 0 aliphatic rings. The van der Waals surface area contributed by atoms with Gasteiger partial charge in [-0.05, 0) is 67.4 Å². The fourth-order valence-corrected chi connectivity index (χ4v) is 3.46. The van der Waals surface area contributed by atoms with E-state index in [4.69, 9.17) is 0 Å². The van der Waals surface area contributed by atoms with Crippen LogP contribution in [0.1, 0.15) is 22.7 Å². The number of halogens is 3. The molecule has 0 amide bonds. The van der Waals surface area contributed by atoms with E-state index in [-0.39, 0.29) is 11.9 Å². The van der Waals surface area contributed by atoms with Gasteiger partial charge in [-0.1, -0.05) is 37.9 Å². The number of aryl methyl sites for hydroxylation is 1. The van der Waals surface area contributed by atoms with Crippen LogP contribution in [0.2, 0.25) is 0 Å². The monoisotopic (exact) mass is 399 g/mol. The molecule has 4 heteroatoms. The summed E-state index contributed by atoms with van der Waals surface area (Å²) in [6.07, 6.45) is 0.739. The number of likely N-dealkylation sites (N-methyl/N-ethyl adjacent to an activating group) is 1. The number of hydrogen-bond acceptors (Lipinski definition) is 1. The van der Waals surface area contributed by atoms with Crippen LogP contribution in [0.5, 0.6) is 0 Å². The van der Waals surface area contributed by atoms with Crippen LogP contribution in [0, 0.1) is 12.7 Å². The van der Waals surface area contributed by atoms with Gasteiger partial charge in [-0.15, -0.1) is 0 Å². The predicted molar refractivity (Wildman–Crippen MR) is 88.5 cm³/mol. The topological polar surface area (TPSA) is 12.0 Å². The zero-order valence-corrected chi connectivity index (χ0v) is 14.6. The average molecular weight is 401 g/mol. The van der Waals surface area contributed by atoms with Crippen LogP contribution < -0.4 is 5.32 Å². The van der Waals surface area contributed by atoms with Crippen LogP contribution in [0.3, 0.4) is 0 Å². The minimum absolute atomic E-state index is 0.153. The van der Waals surface area contributed by atoms with Gasteiger partial charge in [0.25, 0.3) is 0 Å². The summed E-state index contributed by atoms with van der Waals surface area (Å²) in [6, 6.07) is 11.5. The quantitative estimate of drug-likeness (QED) is 0.747. The van der Waals surface area contributed by atoms with E-state index in [0.717, 1.165) is 20.9 Å². The van der Waals surface area contributed by atoms with Crippen molar-refractivity contribution in [1.29, 1.82) is 0 Å². The number of benzene rings is 2. The third-order valence-corrected chi connectivity index (χ3v) is 4.09. The first-order valence-electron chi connectivity index (χ1n) is 6.37. The SMILES string of the molecule is CNC(Cc1cc(F)cc(Br)c1)c1cc(C)cc(Br)c1. The second kappa shape index (κ2) is 6.83. The summed E-state index contributed by atoms with van der Waals surface area (Å²) in [7, 11) is 1.93. The molecule has 0 aromatic heterocycles. The molecule has 0 heterocycles. The Bertz CT molecular complexity index is 573. The number of hydrogen-bond donors (Lipinski definition) is 1. The molecule has 2 aromatic rings. The second-order valence-corrected chi connectivity index (χ2v) is 6.72. The van der Waals surface area contributed by atoms with Crippen molar-refractivity contribution < 1.29 is 4.39 Å². The summed E-state index contributed by atoms with van der Waals surface area (Å²) in [5, 5.41) is 3.30. The molecule has 2 aromatic carbocycles. The summed E-state index contributed by atoms with van der Waals surface area (Å²) >= 11 is 6.86. The van der Waals surface area contributed by atoms with Gasteiger partial charge in [0, 0.05) is 15.0 Å². The lowest BCUT2D eigenvalue weighted by molar-refractivity contribution is 0.583. The van der Waals surface area contributed by atoms with E-state index >= 15 is 0 Å². The lowest BCUT2D eigenvalue weighted by Crippen LogP contribution is -2.19. The number of rotatable bonds is 4. The third kappa shape index (κ3) is 4.14. The molecule has 0 spiro atoms. The van der Waals surface area contributed by atoms with Gasteiger partial charge in [-0.25, -0.2) is 4.39 Å². The lowest BCUT2D eigenvalue weighted by Gasteiger charge is -2.18. The van der Waals surface area contributed by atoms with Crippen molar-refractivity contribution in [2.75, 3.05) is 7.05 Å². The smallest absolute Gasteiger partial charge is 0.124 e. The summed E-state index contributed by atoms with van der Waals surface area (Å²) < 4.78 is 15.3. The molecule has 20 heavy (non-hydrogen) atoms. The highest BCUT2D eigenvalue weighted by molar-refractivity contribution is 9.10. The first-order chi connectivity index (χ1) is 9.47. The van der Waals surface area contributed by atoms with Crippen molar-refractivity contribution in [2.24, 2.45) is 0 Å². The molecule has 106 valence electrons. The average Bonchev–Trinajstić information content (AvgIpc) is 2.33. The van der Waals surface area contributed by atoms with Crippen LogP contribution in [-0.2, 0) is 6.42 Å². The predicted octanol–water partition coefficient (Wildman–Crippen LogP) is 5.16. The van der Waals surface area contributed by atoms with E-state index in [1.165, 1.54) is 17.2 Å². The molecule has 0 fully saturated rings. The molecule has 0 aliphatic carbocycles. The molecule has 0 radical (unpaired) electrons. The van der Waals surface area contributed by atoms with Gasteiger partial charge in [0.15, 0.2) is 0 Å². The zero-order valence-electron chi connectivity index (χ0n) is 11.4. The summed E-state index contributed by atoms with van der Waals surface area (Å²) in [4.78, 5) is 0. The van der Waals surface area contributed by atoms with Crippen molar-refractivity contribution in [3.8, 4) is 0 Å². The zero-order chi connectivity index (χ0) is 14.7. The lowest BCUT2D eigenvalue weighted by atomic mass is 9.98. The largest absolute Gasteiger partial charge is 0.313 e. The fraction of sp³-hybridized carbons (Fsp3) is 0.250. The van der Waals surface area contributed by atoms with Gasteiger partial charge < -0.3 is 5.32 Å². The molecule has 1 nitrogen and oxygen atoms in total. The van der Waals surface area contributed by atoms with E-state index in [0.29, 0.717) is 0 Å². The Morgan fingerprint density at radius 3 is 2.35 bits per heavy atom. The van der Waals surface area contributed by atoms with Crippen molar-refractivity contribution in [3.05, 3.63) is 67.9 Å². The van der Waals surface area contributed by atoms with E-state index < -0.39 is 0 Å². The molecular weight excluding hydrogens is 385 g/mol. The Balaban J connectivity index is 2.28. The van der Waals surface area contributed by atoms with Crippen molar-refractivity contribution in [2.45, 2.75) is 19.4 Å². The summed E-state index contributed by atoms with van der Waals surface area (Å²) in [5.74, 6) is -0.213. The molecule has 1 atom stereocenters. The summed E-state index contributed by atoms with van der Waals surface area (Å²) in [6.45, 7) is 2.07. The van der Waals surface area contributed by atoms with Gasteiger partial charge in [0.05, 0.1) is 0 Å². The van der Waals surface area contributed by atoms with Crippen LogP contribution in [0.4, 0.5) is 4.39 Å². The molecule has 0 aliphatic heterocycles. The highest BCUT2D eigenvalue weighted by Crippen LogP contribution is 2.25. The molecular formula is C16H16Br2FN. The van der Waals surface area contributed by atoms with Gasteiger partial charge >= 0.3 is 0 Å². The Labute approximate surface area is 135 Å². The highest BCUT2D eigenvalue weighted by atomic mass is 79.9. The van der Waals surface area contributed by atoms with E-state index in [1.807, 2.05) is 13.1 Å². The number of nitrogens with one attached hydrogen (secondary N) is 1. The van der Waals surface area contributed by atoms with Crippen LogP contribution in [0.15, 0.2) is 45.3 Å². The van der Waals surface area contributed by atoms with E-state index in [1.54, 1.807) is 6.07 Å². The Hall–Kier alpha value is -0.710. The Morgan fingerprint density at radius 2 is 1.75 bits per heavy atom. The summed E-state index contributed by atoms with van der Waals surface area (Å²) in [5.41, 5.74) is 3.36. The molecule has 2 rings (SSSR count). The maximum absolute atomic E-state index is 13.5. The maximum atomic E-state index is 13.5. The van der Waals surface area contributed by atoms with Crippen molar-refractivity contribution in [1.82, 2.24) is 5.32 Å². The molecule has 1 unspecified atom stereocenters. The van der Waals surface area contributed by atoms with Gasteiger partial charge in [0.2, 0.25) is 0 Å². The third-order valence-electron chi connectivity index (χ3n) is 3.18. The van der Waals surface area contributed by atoms with Gasteiger partial charge in [-0.2, -0.15) is 0 Å².